The summed E-state index contributed by atoms with van der Waals surface area (Å²) in [6, 6.07) is 9.42. The lowest BCUT2D eigenvalue weighted by atomic mass is 9.65. The van der Waals surface area contributed by atoms with Gasteiger partial charge in [0.25, 0.3) is 0 Å². The lowest BCUT2D eigenvalue weighted by Gasteiger charge is -2.51. The summed E-state index contributed by atoms with van der Waals surface area (Å²) < 4.78 is 45.1. The molecule has 180 valence electrons. The van der Waals surface area contributed by atoms with Crippen LogP contribution in [0, 0.1) is 23.5 Å². The van der Waals surface area contributed by atoms with Gasteiger partial charge in [0.05, 0.1) is 20.8 Å². The molecule has 1 aromatic heterocycles. The van der Waals surface area contributed by atoms with E-state index in [4.69, 9.17) is 18.7 Å². The van der Waals surface area contributed by atoms with E-state index in [0.717, 1.165) is 30.9 Å². The Labute approximate surface area is 196 Å². The van der Waals surface area contributed by atoms with Gasteiger partial charge in [0, 0.05) is 35.1 Å². The van der Waals surface area contributed by atoms with Crippen LogP contribution in [0.2, 0.25) is 0 Å². The second kappa shape index (κ2) is 8.11. The molecule has 2 aromatic carbocycles. The van der Waals surface area contributed by atoms with Gasteiger partial charge < -0.3 is 13.9 Å². The first-order valence-electron chi connectivity index (χ1n) is 11.6. The Bertz CT molecular complexity index is 1230. The molecule has 2 heterocycles. The molecule has 4 aliphatic rings. The molecule has 2 bridgehead atoms. The molecule has 1 spiro atoms. The predicted molar refractivity (Wildman–Crippen MR) is 121 cm³/mol. The summed E-state index contributed by atoms with van der Waals surface area (Å²) in [4.78, 5) is 6.34. The first-order chi connectivity index (χ1) is 16.5. The Balaban J connectivity index is 1.43. The Morgan fingerprint density at radius 1 is 1.06 bits per heavy atom. The zero-order valence-electron chi connectivity index (χ0n) is 19.1. The number of hydrazine groups is 2. The maximum Gasteiger partial charge on any atom is 0.228 e. The minimum atomic E-state index is -0.740. The van der Waals surface area contributed by atoms with Crippen LogP contribution in [-0.4, -0.2) is 25.0 Å². The monoisotopic (exact) mass is 471 g/mol. The smallest absolute Gasteiger partial charge is 0.228 e. The third-order valence-corrected chi connectivity index (χ3v) is 7.60. The lowest BCUT2D eigenvalue weighted by Crippen LogP contribution is -2.59. The van der Waals surface area contributed by atoms with E-state index in [0.29, 0.717) is 41.1 Å². The second-order valence-corrected chi connectivity index (χ2v) is 9.40. The fourth-order valence-corrected chi connectivity index (χ4v) is 5.91. The maximum atomic E-state index is 14.4. The van der Waals surface area contributed by atoms with Gasteiger partial charge >= 0.3 is 0 Å². The fourth-order valence-electron chi connectivity index (χ4n) is 5.91. The van der Waals surface area contributed by atoms with Crippen molar-refractivity contribution in [1.29, 1.82) is 0 Å². The molecule has 1 N–H and O–H groups in total. The average Bonchev–Trinajstić information content (AvgIpc) is 3.42. The first kappa shape index (κ1) is 21.6. The van der Waals surface area contributed by atoms with Crippen molar-refractivity contribution in [3.05, 3.63) is 53.6 Å². The van der Waals surface area contributed by atoms with E-state index in [-0.39, 0.29) is 5.58 Å². The molecule has 3 aliphatic carbocycles. The zero-order chi connectivity index (χ0) is 23.4. The largest absolute Gasteiger partial charge is 0.497 e. The Kier molecular flexibility index (Phi) is 5.16. The van der Waals surface area contributed by atoms with Crippen molar-refractivity contribution in [1.82, 2.24) is 10.6 Å². The number of rotatable bonds is 5. The Morgan fingerprint density at radius 2 is 1.88 bits per heavy atom. The van der Waals surface area contributed by atoms with Crippen LogP contribution in [0.25, 0.3) is 11.0 Å². The van der Waals surface area contributed by atoms with Crippen LogP contribution in [0.3, 0.4) is 0 Å². The highest BCUT2D eigenvalue weighted by Crippen LogP contribution is 2.53. The summed E-state index contributed by atoms with van der Waals surface area (Å²) in [6.07, 6.45) is 5.44. The molecule has 0 amide bonds. The van der Waals surface area contributed by atoms with Crippen LogP contribution >= 0.6 is 0 Å². The van der Waals surface area contributed by atoms with Gasteiger partial charge in [-0.1, -0.05) is 11.7 Å². The van der Waals surface area contributed by atoms with Crippen molar-refractivity contribution in [2.45, 2.75) is 44.4 Å². The third kappa shape index (κ3) is 3.33. The minimum Gasteiger partial charge on any atom is -0.497 e. The van der Waals surface area contributed by atoms with Gasteiger partial charge in [0.1, 0.15) is 17.3 Å². The van der Waals surface area contributed by atoms with Crippen molar-refractivity contribution in [2.24, 2.45) is 11.8 Å². The number of nitrogens with zero attached hydrogens (tertiary/aromatic N) is 2. The van der Waals surface area contributed by atoms with Crippen molar-refractivity contribution in [3.63, 3.8) is 0 Å². The molecular formula is C25H27F2N3O4. The second-order valence-electron chi connectivity index (χ2n) is 9.40. The van der Waals surface area contributed by atoms with E-state index in [1.165, 1.54) is 18.9 Å². The lowest BCUT2D eigenvalue weighted by molar-refractivity contribution is -0.201. The number of ether oxygens (including phenoxy) is 2. The van der Waals surface area contributed by atoms with E-state index in [1.807, 2.05) is 18.2 Å². The number of furan rings is 1. The third-order valence-electron chi connectivity index (χ3n) is 7.60. The number of methoxy groups -OCH3 is 2. The van der Waals surface area contributed by atoms with Gasteiger partial charge in [-0.3, -0.25) is 4.84 Å². The number of hydrogen-bond donors (Lipinski definition) is 1. The number of benzene rings is 2. The number of fused-ring (bicyclic) bond motifs is 3. The molecule has 0 unspecified atom stereocenters. The Hall–Kier alpha value is -2.88. The van der Waals surface area contributed by atoms with Crippen LogP contribution in [-0.2, 0) is 11.4 Å². The Morgan fingerprint density at radius 3 is 2.59 bits per heavy atom. The predicted octanol–water partition coefficient (Wildman–Crippen LogP) is 5.31. The maximum absolute atomic E-state index is 14.4. The van der Waals surface area contributed by atoms with E-state index < -0.39 is 17.4 Å². The summed E-state index contributed by atoms with van der Waals surface area (Å²) in [7, 11) is 3.25. The van der Waals surface area contributed by atoms with Gasteiger partial charge in [-0.2, -0.15) is 10.1 Å². The molecule has 7 nitrogen and oxygen atoms in total. The quantitative estimate of drug-likeness (QED) is 0.541. The van der Waals surface area contributed by atoms with Crippen molar-refractivity contribution in [3.8, 4) is 11.5 Å². The molecule has 9 heteroatoms. The number of anilines is 1. The van der Waals surface area contributed by atoms with Gasteiger partial charge in [-0.15, -0.1) is 0 Å². The molecule has 3 aromatic rings. The minimum absolute atomic E-state index is 0.00583. The van der Waals surface area contributed by atoms with Crippen LogP contribution in [0.15, 0.2) is 40.8 Å². The van der Waals surface area contributed by atoms with Gasteiger partial charge in [0.15, 0.2) is 17.1 Å². The highest BCUT2D eigenvalue weighted by atomic mass is 19.1. The number of hydrogen-bond acceptors (Lipinski definition) is 7. The van der Waals surface area contributed by atoms with Crippen LogP contribution in [0.5, 0.6) is 11.5 Å². The molecular weight excluding hydrogens is 444 g/mol. The zero-order valence-corrected chi connectivity index (χ0v) is 19.1. The van der Waals surface area contributed by atoms with Crippen molar-refractivity contribution < 1.29 is 27.5 Å². The highest BCUT2D eigenvalue weighted by Gasteiger charge is 2.58. The van der Waals surface area contributed by atoms with Crippen LogP contribution in [0.1, 0.15) is 37.7 Å². The molecule has 1 atom stereocenters. The summed E-state index contributed by atoms with van der Waals surface area (Å²) in [5.74, 6) is 1.24. The average molecular weight is 472 g/mol. The molecule has 0 radical (unpaired) electrons. The van der Waals surface area contributed by atoms with E-state index >= 15 is 0 Å². The summed E-state index contributed by atoms with van der Waals surface area (Å²) in [6.45, 7) is 0.456. The summed E-state index contributed by atoms with van der Waals surface area (Å²) in [5.41, 5.74) is 3.40. The highest BCUT2D eigenvalue weighted by molar-refractivity contribution is 5.81. The van der Waals surface area contributed by atoms with E-state index in [2.05, 4.69) is 10.6 Å². The normalized spacial score (nSPS) is 26.6. The molecule has 34 heavy (non-hydrogen) atoms. The van der Waals surface area contributed by atoms with Gasteiger partial charge in [-0.05, 0) is 50.2 Å². The molecule has 1 aliphatic heterocycles. The van der Waals surface area contributed by atoms with E-state index in [9.17, 15) is 8.78 Å². The molecule has 1 saturated heterocycles. The van der Waals surface area contributed by atoms with Gasteiger partial charge in [-0.25, -0.2) is 8.78 Å². The first-order valence-corrected chi connectivity index (χ1v) is 11.6. The topological polar surface area (TPSA) is 59.3 Å². The van der Waals surface area contributed by atoms with Crippen molar-refractivity contribution >= 4 is 16.9 Å². The van der Waals surface area contributed by atoms with Crippen LogP contribution < -0.4 is 20.2 Å². The van der Waals surface area contributed by atoms with Crippen molar-refractivity contribution in [2.75, 3.05) is 19.3 Å². The standard InChI is InChI=1S/C25H27F2N3O4/c1-31-20-8-5-16(22(12-20)32-2)14-29-25(13-15-3-6-18(25)7-4-15)34-28-30(29)23-10-17-9-19(26)11-21(27)24(17)33-23/h5,8-12,15,18,28H,3-4,6-7,13-14H2,1-2H3/t15?,18?,25-/m0/s1. The van der Waals surface area contributed by atoms with Gasteiger partial charge in [0.2, 0.25) is 5.88 Å². The molecule has 4 fully saturated rings. The van der Waals surface area contributed by atoms with E-state index in [1.54, 1.807) is 25.4 Å². The summed E-state index contributed by atoms with van der Waals surface area (Å²) >= 11 is 0. The number of nitrogens with one attached hydrogen (secondary N) is 1. The molecule has 7 rings (SSSR count). The molecule has 3 saturated carbocycles. The summed E-state index contributed by atoms with van der Waals surface area (Å²) in [5, 5.41) is 4.14. The SMILES string of the molecule is COc1ccc(CN2N(c3cc4cc(F)cc(F)c4o3)NO[C@]23CC2CCC3CC2)c(OC)c1. The number of halogens is 2. The van der Waals surface area contributed by atoms with Crippen LogP contribution in [0.4, 0.5) is 14.7 Å². The fraction of sp³-hybridized carbons (Fsp3) is 0.440.